The van der Waals surface area contributed by atoms with E-state index in [0.29, 0.717) is 12.8 Å². The third-order valence-corrected chi connectivity index (χ3v) is 4.25. The maximum Gasteiger partial charge on any atom is 0.317 e. The molecule has 3 unspecified atom stereocenters. The lowest BCUT2D eigenvalue weighted by molar-refractivity contribution is -0.153. The Morgan fingerprint density at radius 2 is 1.86 bits per heavy atom. The van der Waals surface area contributed by atoms with E-state index in [2.05, 4.69) is 4.74 Å². The molecule has 1 fully saturated rings. The second-order valence-corrected chi connectivity index (χ2v) is 5.91. The largest absolute Gasteiger partial charge is 0.481 e. The predicted octanol–water partition coefficient (Wildman–Crippen LogP) is 3.16. The molecule has 3 atom stereocenters. The molecule has 21 heavy (non-hydrogen) atoms. The van der Waals surface area contributed by atoms with Gasteiger partial charge >= 0.3 is 17.9 Å². The van der Waals surface area contributed by atoms with Crippen LogP contribution in [0.3, 0.4) is 0 Å². The van der Waals surface area contributed by atoms with Gasteiger partial charge in [-0.05, 0) is 31.6 Å². The van der Waals surface area contributed by atoms with E-state index in [4.69, 9.17) is 5.11 Å². The van der Waals surface area contributed by atoms with E-state index in [1.54, 1.807) is 0 Å². The van der Waals surface area contributed by atoms with Crippen LogP contribution in [0.4, 0.5) is 0 Å². The molecule has 0 bridgehead atoms. The molecule has 0 amide bonds. The van der Waals surface area contributed by atoms with Crippen LogP contribution in [-0.4, -0.2) is 23.0 Å². The fourth-order valence-corrected chi connectivity index (χ4v) is 3.14. The lowest BCUT2D eigenvalue weighted by atomic mass is 9.82. The summed E-state index contributed by atoms with van der Waals surface area (Å²) in [7, 11) is 0. The van der Waals surface area contributed by atoms with Gasteiger partial charge in [0.25, 0.3) is 0 Å². The lowest BCUT2D eigenvalue weighted by Crippen LogP contribution is -2.20. The van der Waals surface area contributed by atoms with Crippen molar-refractivity contribution in [3.8, 4) is 0 Å². The molecule has 1 aliphatic rings. The van der Waals surface area contributed by atoms with Gasteiger partial charge in [-0.25, -0.2) is 0 Å². The molecule has 5 heteroatoms. The highest BCUT2D eigenvalue weighted by molar-refractivity contribution is 5.94. The summed E-state index contributed by atoms with van der Waals surface area (Å²) in [5.41, 5.74) is 0. The van der Waals surface area contributed by atoms with Crippen molar-refractivity contribution in [1.82, 2.24) is 0 Å². The van der Waals surface area contributed by atoms with Gasteiger partial charge in [0, 0.05) is 0 Å². The number of hydrogen-bond acceptors (Lipinski definition) is 4. The van der Waals surface area contributed by atoms with Gasteiger partial charge in [0.2, 0.25) is 0 Å². The quantitative estimate of drug-likeness (QED) is 0.495. The maximum absolute atomic E-state index is 11.7. The van der Waals surface area contributed by atoms with E-state index >= 15 is 0 Å². The topological polar surface area (TPSA) is 80.7 Å². The smallest absolute Gasteiger partial charge is 0.317 e. The van der Waals surface area contributed by atoms with Crippen molar-refractivity contribution in [3.63, 3.8) is 0 Å². The van der Waals surface area contributed by atoms with Gasteiger partial charge in [-0.15, -0.1) is 0 Å². The average molecular weight is 298 g/mol. The summed E-state index contributed by atoms with van der Waals surface area (Å²) >= 11 is 0. The van der Waals surface area contributed by atoms with Crippen LogP contribution in [0, 0.1) is 17.8 Å². The minimum absolute atomic E-state index is 0.130. The summed E-state index contributed by atoms with van der Waals surface area (Å²) in [6.45, 7) is 4.03. The summed E-state index contributed by atoms with van der Waals surface area (Å²) in [5.74, 6) is -2.06. The normalized spacial score (nSPS) is 21.1. The number of carbonyl (C=O) groups is 3. The van der Waals surface area contributed by atoms with Crippen molar-refractivity contribution in [2.45, 2.75) is 65.2 Å². The summed E-state index contributed by atoms with van der Waals surface area (Å²) in [6, 6.07) is 0. The fourth-order valence-electron chi connectivity index (χ4n) is 3.14. The van der Waals surface area contributed by atoms with E-state index in [9.17, 15) is 14.4 Å². The predicted molar refractivity (Wildman–Crippen MR) is 77.5 cm³/mol. The van der Waals surface area contributed by atoms with Gasteiger partial charge in [-0.3, -0.25) is 14.4 Å². The maximum atomic E-state index is 11.7. The van der Waals surface area contributed by atoms with Crippen LogP contribution < -0.4 is 0 Å². The number of carboxylic acid groups (broad SMARTS) is 1. The Kier molecular flexibility index (Phi) is 7.40. The number of rotatable bonds is 10. The first-order valence-electron chi connectivity index (χ1n) is 7.96. The van der Waals surface area contributed by atoms with Gasteiger partial charge < -0.3 is 9.84 Å². The van der Waals surface area contributed by atoms with Crippen molar-refractivity contribution in [2.24, 2.45) is 17.8 Å². The Labute approximate surface area is 126 Å². The third-order valence-electron chi connectivity index (χ3n) is 4.25. The molecule has 120 valence electrons. The Morgan fingerprint density at radius 3 is 2.33 bits per heavy atom. The molecule has 1 aliphatic heterocycles. The summed E-state index contributed by atoms with van der Waals surface area (Å²) in [4.78, 5) is 34.0. The molecule has 0 radical (unpaired) electrons. The minimum atomic E-state index is -0.737. The van der Waals surface area contributed by atoms with Crippen LogP contribution in [0.15, 0.2) is 0 Å². The molecule has 0 aromatic rings. The second kappa shape index (κ2) is 8.80. The van der Waals surface area contributed by atoms with Crippen molar-refractivity contribution >= 4 is 17.9 Å². The van der Waals surface area contributed by atoms with Gasteiger partial charge in [0.05, 0.1) is 18.3 Å². The molecular weight excluding hydrogens is 272 g/mol. The SMILES string of the molecule is CCCC(CCCC(CCC)C1CC(=O)OC1=O)C(=O)O. The Hall–Kier alpha value is -1.39. The van der Waals surface area contributed by atoms with E-state index in [1.807, 2.05) is 13.8 Å². The van der Waals surface area contributed by atoms with Crippen LogP contribution in [0.2, 0.25) is 0 Å². The fraction of sp³-hybridized carbons (Fsp3) is 0.812. The molecule has 5 nitrogen and oxygen atoms in total. The van der Waals surface area contributed by atoms with Crippen LogP contribution in [0.1, 0.15) is 65.2 Å². The third kappa shape index (κ3) is 5.48. The van der Waals surface area contributed by atoms with Gasteiger partial charge in [0.15, 0.2) is 0 Å². The van der Waals surface area contributed by atoms with Crippen molar-refractivity contribution in [2.75, 3.05) is 0 Å². The highest BCUT2D eigenvalue weighted by atomic mass is 16.6. The highest BCUT2D eigenvalue weighted by Gasteiger charge is 2.38. The van der Waals surface area contributed by atoms with Gasteiger partial charge in [-0.2, -0.15) is 0 Å². The number of cyclic esters (lactones) is 2. The second-order valence-electron chi connectivity index (χ2n) is 5.91. The molecule has 0 aromatic heterocycles. The van der Waals surface area contributed by atoms with Crippen LogP contribution in [0.5, 0.6) is 0 Å². The van der Waals surface area contributed by atoms with Crippen LogP contribution >= 0.6 is 0 Å². The molecule has 0 saturated carbocycles. The summed E-state index contributed by atoms with van der Waals surface area (Å²) in [5, 5.41) is 9.14. The van der Waals surface area contributed by atoms with Crippen LogP contribution in [-0.2, 0) is 19.1 Å². The zero-order valence-electron chi connectivity index (χ0n) is 13.0. The molecule has 1 saturated heterocycles. The number of esters is 2. The zero-order valence-corrected chi connectivity index (χ0v) is 13.0. The highest BCUT2D eigenvalue weighted by Crippen LogP contribution is 2.32. The molecular formula is C16H26O5. The summed E-state index contributed by atoms with van der Waals surface area (Å²) < 4.78 is 4.63. The van der Waals surface area contributed by atoms with E-state index in [-0.39, 0.29) is 24.2 Å². The number of carboxylic acids is 1. The van der Waals surface area contributed by atoms with Crippen molar-refractivity contribution in [3.05, 3.63) is 0 Å². The van der Waals surface area contributed by atoms with Gasteiger partial charge in [-0.1, -0.05) is 33.1 Å². The molecule has 1 heterocycles. The Balaban J connectivity index is 2.49. The molecule has 0 spiro atoms. The Morgan fingerprint density at radius 1 is 1.19 bits per heavy atom. The number of carbonyl (C=O) groups excluding carboxylic acids is 2. The molecule has 0 aliphatic carbocycles. The number of ether oxygens (including phenoxy) is 1. The molecule has 1 N–H and O–H groups in total. The molecule has 1 rings (SSSR count). The minimum Gasteiger partial charge on any atom is -0.481 e. The summed E-state index contributed by atoms with van der Waals surface area (Å²) in [6.07, 6.45) is 5.75. The van der Waals surface area contributed by atoms with E-state index in [0.717, 1.165) is 32.1 Å². The van der Waals surface area contributed by atoms with Crippen molar-refractivity contribution < 1.29 is 24.2 Å². The lowest BCUT2D eigenvalue weighted by Gasteiger charge is -2.20. The van der Waals surface area contributed by atoms with E-state index < -0.39 is 17.9 Å². The Bertz CT molecular complexity index is 377. The van der Waals surface area contributed by atoms with Crippen molar-refractivity contribution in [1.29, 1.82) is 0 Å². The number of hydrogen-bond donors (Lipinski definition) is 1. The van der Waals surface area contributed by atoms with Crippen LogP contribution in [0.25, 0.3) is 0 Å². The first kappa shape index (κ1) is 17.7. The number of aliphatic carboxylic acids is 1. The van der Waals surface area contributed by atoms with Gasteiger partial charge in [0.1, 0.15) is 0 Å². The molecule has 0 aromatic carbocycles. The zero-order chi connectivity index (χ0) is 15.8. The van der Waals surface area contributed by atoms with E-state index in [1.165, 1.54) is 0 Å². The average Bonchev–Trinajstić information content (AvgIpc) is 2.75. The first-order valence-corrected chi connectivity index (χ1v) is 7.96. The monoisotopic (exact) mass is 298 g/mol. The standard InChI is InChI=1S/C16H26O5/c1-3-6-11(13-10-14(17)21-16(13)20)8-5-9-12(7-4-2)15(18)19/h11-13H,3-10H2,1-2H3,(H,18,19). The first-order chi connectivity index (χ1) is 9.99.